The average Bonchev–Trinajstić information content (AvgIpc) is 3.44. The number of thiophene rings is 1. The van der Waals surface area contributed by atoms with Crippen LogP contribution in [-0.2, 0) is 21.3 Å². The first kappa shape index (κ1) is 27.8. The lowest BCUT2D eigenvalue weighted by atomic mass is 10.1. The first-order valence-electron chi connectivity index (χ1n) is 10.6. The summed E-state index contributed by atoms with van der Waals surface area (Å²) in [5.41, 5.74) is 1.15. The van der Waals surface area contributed by atoms with Crippen molar-refractivity contribution < 1.29 is 38.1 Å². The predicted molar refractivity (Wildman–Crippen MR) is 137 cm³/mol. The van der Waals surface area contributed by atoms with E-state index in [1.807, 2.05) is 0 Å². The highest BCUT2D eigenvalue weighted by atomic mass is 32.2. The first-order chi connectivity index (χ1) is 17.7. The standard InChI is InChI=1S/C23H26N4O8S2/c1-11-16(21(29)34-6)20(37-18(11)22(30)35-7)24-15(28)10-36-23-26-25-19(27(23)2)12-8-13(31-3)17(33-5)14(9-12)32-4/h8-9H,10H2,1-7H3,(H,24,28). The Morgan fingerprint density at radius 1 is 0.973 bits per heavy atom. The number of nitrogens with one attached hydrogen (secondary N) is 1. The molecule has 0 radical (unpaired) electrons. The topological polar surface area (TPSA) is 140 Å². The zero-order valence-corrected chi connectivity index (χ0v) is 22.9. The van der Waals surface area contributed by atoms with Crippen molar-refractivity contribution in [2.24, 2.45) is 7.05 Å². The molecule has 1 N–H and O–H groups in total. The van der Waals surface area contributed by atoms with E-state index in [1.165, 1.54) is 35.5 Å². The molecule has 198 valence electrons. The second-order valence-electron chi connectivity index (χ2n) is 7.36. The van der Waals surface area contributed by atoms with Crippen LogP contribution in [0.25, 0.3) is 11.4 Å². The van der Waals surface area contributed by atoms with Gasteiger partial charge < -0.3 is 33.6 Å². The van der Waals surface area contributed by atoms with Gasteiger partial charge in [-0.1, -0.05) is 11.8 Å². The van der Waals surface area contributed by atoms with Crippen molar-refractivity contribution in [3.8, 4) is 28.6 Å². The molecule has 0 spiro atoms. The molecule has 3 aromatic rings. The Kier molecular flexibility index (Phi) is 8.99. The number of carbonyl (C=O) groups is 3. The molecule has 0 aliphatic heterocycles. The van der Waals surface area contributed by atoms with E-state index in [1.54, 1.807) is 30.7 Å². The predicted octanol–water partition coefficient (Wildman–Crippen LogP) is 3.18. The summed E-state index contributed by atoms with van der Waals surface area (Å²) < 4.78 is 27.5. The Labute approximate surface area is 221 Å². The Morgan fingerprint density at radius 2 is 1.59 bits per heavy atom. The van der Waals surface area contributed by atoms with Crippen LogP contribution >= 0.6 is 23.1 Å². The van der Waals surface area contributed by atoms with E-state index in [4.69, 9.17) is 23.7 Å². The van der Waals surface area contributed by atoms with Gasteiger partial charge in [0.1, 0.15) is 9.88 Å². The number of benzene rings is 1. The van der Waals surface area contributed by atoms with Gasteiger partial charge in [0.2, 0.25) is 11.7 Å². The molecule has 0 bridgehead atoms. The highest BCUT2D eigenvalue weighted by Crippen LogP contribution is 2.41. The molecule has 14 heteroatoms. The second kappa shape index (κ2) is 12.0. The van der Waals surface area contributed by atoms with Gasteiger partial charge in [0.05, 0.1) is 46.9 Å². The highest BCUT2D eigenvalue weighted by molar-refractivity contribution is 7.99. The van der Waals surface area contributed by atoms with Crippen LogP contribution in [0.5, 0.6) is 17.2 Å². The normalized spacial score (nSPS) is 10.6. The van der Waals surface area contributed by atoms with Crippen molar-refractivity contribution >= 4 is 45.9 Å². The Balaban J connectivity index is 1.80. The van der Waals surface area contributed by atoms with Crippen molar-refractivity contribution in [2.75, 3.05) is 46.6 Å². The van der Waals surface area contributed by atoms with Gasteiger partial charge >= 0.3 is 11.9 Å². The monoisotopic (exact) mass is 550 g/mol. The molecular weight excluding hydrogens is 524 g/mol. The van der Waals surface area contributed by atoms with Gasteiger partial charge in [-0.25, -0.2) is 9.59 Å². The largest absolute Gasteiger partial charge is 0.493 e. The summed E-state index contributed by atoms with van der Waals surface area (Å²) in [6.45, 7) is 1.59. The Bertz CT molecular complexity index is 1310. The molecule has 37 heavy (non-hydrogen) atoms. The van der Waals surface area contributed by atoms with E-state index in [0.29, 0.717) is 39.4 Å². The van der Waals surface area contributed by atoms with E-state index in [-0.39, 0.29) is 21.2 Å². The number of anilines is 1. The van der Waals surface area contributed by atoms with Gasteiger partial charge in [-0.15, -0.1) is 21.5 Å². The first-order valence-corrected chi connectivity index (χ1v) is 12.4. The Hall–Kier alpha value is -3.78. The van der Waals surface area contributed by atoms with Crippen molar-refractivity contribution in [2.45, 2.75) is 12.1 Å². The summed E-state index contributed by atoms with van der Waals surface area (Å²) in [6.07, 6.45) is 0. The Morgan fingerprint density at radius 3 is 2.14 bits per heavy atom. The SMILES string of the molecule is COC(=O)c1sc(NC(=O)CSc2nnc(-c3cc(OC)c(OC)c(OC)c3)n2C)c(C(=O)OC)c1C. The van der Waals surface area contributed by atoms with Crippen molar-refractivity contribution in [1.82, 2.24) is 14.8 Å². The van der Waals surface area contributed by atoms with Crippen molar-refractivity contribution in [3.63, 3.8) is 0 Å². The van der Waals surface area contributed by atoms with Gasteiger partial charge in [0, 0.05) is 12.6 Å². The van der Waals surface area contributed by atoms with Crippen LogP contribution in [0.4, 0.5) is 5.00 Å². The molecule has 0 atom stereocenters. The van der Waals surface area contributed by atoms with Crippen LogP contribution in [0.2, 0.25) is 0 Å². The summed E-state index contributed by atoms with van der Waals surface area (Å²) in [5, 5.41) is 11.8. The van der Waals surface area contributed by atoms with Crippen LogP contribution in [0.15, 0.2) is 17.3 Å². The van der Waals surface area contributed by atoms with E-state index in [0.717, 1.165) is 23.1 Å². The number of hydrogen-bond donors (Lipinski definition) is 1. The number of rotatable bonds is 10. The lowest BCUT2D eigenvalue weighted by Gasteiger charge is -2.14. The van der Waals surface area contributed by atoms with Crippen LogP contribution < -0.4 is 19.5 Å². The molecule has 1 amide bonds. The summed E-state index contributed by atoms with van der Waals surface area (Å²) >= 11 is 2.09. The van der Waals surface area contributed by atoms with Crippen molar-refractivity contribution in [1.29, 1.82) is 0 Å². The number of carbonyl (C=O) groups excluding carboxylic acids is 3. The summed E-state index contributed by atoms with van der Waals surface area (Å²) in [5.74, 6) is 0.173. The van der Waals surface area contributed by atoms with Gasteiger partial charge in [-0.2, -0.15) is 0 Å². The number of nitrogens with zero attached hydrogens (tertiary/aromatic N) is 3. The number of esters is 2. The smallest absolute Gasteiger partial charge is 0.348 e. The molecule has 0 unspecified atom stereocenters. The molecule has 3 rings (SSSR count). The third-order valence-electron chi connectivity index (χ3n) is 5.25. The number of hydrogen-bond acceptors (Lipinski definition) is 12. The zero-order valence-electron chi connectivity index (χ0n) is 21.3. The maximum Gasteiger partial charge on any atom is 0.348 e. The summed E-state index contributed by atoms with van der Waals surface area (Å²) in [4.78, 5) is 37.3. The second-order valence-corrected chi connectivity index (χ2v) is 9.32. The maximum absolute atomic E-state index is 12.7. The van der Waals surface area contributed by atoms with Crippen LogP contribution in [-0.4, -0.2) is 73.9 Å². The van der Waals surface area contributed by atoms with Crippen LogP contribution in [0, 0.1) is 6.92 Å². The number of thioether (sulfide) groups is 1. The van der Waals surface area contributed by atoms with E-state index >= 15 is 0 Å². The molecule has 0 saturated carbocycles. The third kappa shape index (κ3) is 5.64. The van der Waals surface area contributed by atoms with Gasteiger partial charge in [-0.3, -0.25) is 4.79 Å². The molecule has 2 aromatic heterocycles. The fraction of sp³-hybridized carbons (Fsp3) is 0.348. The minimum Gasteiger partial charge on any atom is -0.493 e. The fourth-order valence-corrected chi connectivity index (χ4v) is 5.27. The molecule has 0 aliphatic rings. The number of aromatic nitrogens is 3. The van der Waals surface area contributed by atoms with Gasteiger partial charge in [-0.05, 0) is 24.6 Å². The third-order valence-corrected chi connectivity index (χ3v) is 7.46. The molecule has 0 aliphatic carbocycles. The number of ether oxygens (including phenoxy) is 5. The van der Waals surface area contributed by atoms with Gasteiger partial charge in [0.25, 0.3) is 0 Å². The van der Waals surface area contributed by atoms with Crippen LogP contribution in [0.1, 0.15) is 25.6 Å². The van der Waals surface area contributed by atoms with Crippen molar-refractivity contribution in [3.05, 3.63) is 28.1 Å². The fourth-order valence-electron chi connectivity index (χ4n) is 3.43. The number of amides is 1. The minimum absolute atomic E-state index is 0.0354. The average molecular weight is 551 g/mol. The molecular formula is C23H26N4O8S2. The highest BCUT2D eigenvalue weighted by Gasteiger charge is 2.27. The maximum atomic E-state index is 12.7. The molecule has 1 aromatic carbocycles. The summed E-state index contributed by atoms with van der Waals surface area (Å²) in [7, 11) is 8.78. The molecule has 0 fully saturated rings. The van der Waals surface area contributed by atoms with Gasteiger partial charge in [0.15, 0.2) is 22.5 Å². The quantitative estimate of drug-likeness (QED) is 0.294. The van der Waals surface area contributed by atoms with E-state index < -0.39 is 17.8 Å². The minimum atomic E-state index is -0.671. The molecule has 12 nitrogen and oxygen atoms in total. The van der Waals surface area contributed by atoms with Crippen LogP contribution in [0.3, 0.4) is 0 Å². The summed E-state index contributed by atoms with van der Waals surface area (Å²) in [6, 6.07) is 3.50. The molecule has 2 heterocycles. The lowest BCUT2D eigenvalue weighted by molar-refractivity contribution is -0.113. The molecule has 0 saturated heterocycles. The lowest BCUT2D eigenvalue weighted by Crippen LogP contribution is -2.16. The number of methoxy groups -OCH3 is 5. The van der Waals surface area contributed by atoms with E-state index in [2.05, 4.69) is 15.5 Å². The van der Waals surface area contributed by atoms with E-state index in [9.17, 15) is 14.4 Å². The zero-order chi connectivity index (χ0) is 27.3.